The molecule has 0 aliphatic rings. The molecule has 0 saturated heterocycles. The molecule has 0 fully saturated rings. The molecule has 0 heterocycles. The van der Waals surface area contributed by atoms with Gasteiger partial charge in [0, 0.05) is 0 Å². The van der Waals surface area contributed by atoms with Crippen molar-refractivity contribution in [1.82, 2.24) is 0 Å². The Hall–Kier alpha value is -3.72. The normalized spacial score (nSPS) is 11.4. The first kappa shape index (κ1) is 24.9. The molecule has 3 aromatic carbocycles. The third-order valence-corrected chi connectivity index (χ3v) is 6.38. The molecule has 0 saturated carbocycles. The first-order valence-electron chi connectivity index (χ1n) is 10.2. The first-order chi connectivity index (χ1) is 16.2. The summed E-state index contributed by atoms with van der Waals surface area (Å²) < 4.78 is 64.0. The Morgan fingerprint density at radius 1 is 0.765 bits per heavy atom. The molecule has 0 radical (unpaired) electrons. The smallest absolute Gasteiger partial charge is 0.262 e. The molecular formula is C25H26FNO6S. The van der Waals surface area contributed by atoms with Crippen molar-refractivity contribution >= 4 is 27.9 Å². The third-order valence-electron chi connectivity index (χ3n) is 5.00. The van der Waals surface area contributed by atoms with Gasteiger partial charge in [-0.1, -0.05) is 29.8 Å². The predicted molar refractivity (Wildman–Crippen MR) is 130 cm³/mol. The van der Waals surface area contributed by atoms with Gasteiger partial charge in [-0.3, -0.25) is 4.72 Å². The van der Waals surface area contributed by atoms with E-state index in [-0.39, 0.29) is 16.3 Å². The number of anilines is 1. The highest BCUT2D eigenvalue weighted by Crippen LogP contribution is 2.39. The second kappa shape index (κ2) is 10.5. The van der Waals surface area contributed by atoms with Gasteiger partial charge in [0.25, 0.3) is 10.0 Å². The van der Waals surface area contributed by atoms with E-state index in [1.54, 1.807) is 36.4 Å². The SMILES string of the molecule is COc1cc(/C=C\c2cc(F)c(OC)c(NS(=O)(=O)c3ccc(C)cc3)c2)cc(OC)c1OC. The molecule has 0 aliphatic carbocycles. The maximum absolute atomic E-state index is 14.8. The number of hydrogen-bond acceptors (Lipinski definition) is 6. The van der Waals surface area contributed by atoms with Crippen LogP contribution in [0, 0.1) is 12.7 Å². The number of ether oxygens (including phenoxy) is 4. The standard InChI is InChI=1S/C25H26FNO6S/c1-16-6-10-19(11-7-16)34(28,29)27-21-13-17(12-20(26)24(21)32-4)8-9-18-14-22(30-2)25(33-5)23(15-18)31-3/h6-15,27H,1-5H3/b9-8-. The summed E-state index contributed by atoms with van der Waals surface area (Å²) in [5, 5.41) is 0. The summed E-state index contributed by atoms with van der Waals surface area (Å²) in [6.45, 7) is 1.85. The molecule has 0 spiro atoms. The van der Waals surface area contributed by atoms with Crippen LogP contribution in [0.2, 0.25) is 0 Å². The van der Waals surface area contributed by atoms with Crippen molar-refractivity contribution in [2.24, 2.45) is 0 Å². The van der Waals surface area contributed by atoms with Crippen LogP contribution in [-0.2, 0) is 10.0 Å². The van der Waals surface area contributed by atoms with Crippen molar-refractivity contribution in [3.63, 3.8) is 0 Å². The van der Waals surface area contributed by atoms with Crippen LogP contribution >= 0.6 is 0 Å². The highest BCUT2D eigenvalue weighted by atomic mass is 32.2. The van der Waals surface area contributed by atoms with E-state index in [2.05, 4.69) is 4.72 Å². The van der Waals surface area contributed by atoms with Crippen LogP contribution in [0.4, 0.5) is 10.1 Å². The zero-order chi connectivity index (χ0) is 24.9. The minimum atomic E-state index is -3.96. The molecule has 9 heteroatoms. The Morgan fingerprint density at radius 2 is 1.29 bits per heavy atom. The van der Waals surface area contributed by atoms with Crippen molar-refractivity contribution in [2.45, 2.75) is 11.8 Å². The van der Waals surface area contributed by atoms with Crippen LogP contribution < -0.4 is 23.7 Å². The van der Waals surface area contributed by atoms with Gasteiger partial charge >= 0.3 is 0 Å². The molecule has 1 N–H and O–H groups in total. The molecule has 0 aliphatic heterocycles. The maximum Gasteiger partial charge on any atom is 0.262 e. The molecule has 0 amide bonds. The Bertz CT molecular complexity index is 1280. The van der Waals surface area contributed by atoms with E-state index < -0.39 is 15.8 Å². The largest absolute Gasteiger partial charge is 0.493 e. The second-order valence-electron chi connectivity index (χ2n) is 7.29. The lowest BCUT2D eigenvalue weighted by molar-refractivity contribution is 0.324. The number of aryl methyl sites for hydroxylation is 1. The first-order valence-corrected chi connectivity index (χ1v) is 11.7. The molecule has 0 atom stereocenters. The topological polar surface area (TPSA) is 83.1 Å². The number of halogens is 1. The van der Waals surface area contributed by atoms with E-state index >= 15 is 0 Å². The Labute approximate surface area is 198 Å². The van der Waals surface area contributed by atoms with Gasteiger partial charge in [0.2, 0.25) is 5.75 Å². The molecule has 0 bridgehead atoms. The number of sulfonamides is 1. The summed E-state index contributed by atoms with van der Waals surface area (Å²) in [7, 11) is 1.84. The van der Waals surface area contributed by atoms with Gasteiger partial charge in [-0.05, 0) is 54.4 Å². The average molecular weight is 488 g/mol. The van der Waals surface area contributed by atoms with Gasteiger partial charge in [-0.25, -0.2) is 12.8 Å². The lowest BCUT2D eigenvalue weighted by Gasteiger charge is -2.14. The third kappa shape index (κ3) is 5.43. The molecule has 0 aromatic heterocycles. The summed E-state index contributed by atoms with van der Waals surface area (Å²) in [5.74, 6) is 0.463. The van der Waals surface area contributed by atoms with E-state index in [9.17, 15) is 12.8 Å². The van der Waals surface area contributed by atoms with Crippen LogP contribution in [0.15, 0.2) is 53.4 Å². The molecule has 3 aromatic rings. The lowest BCUT2D eigenvalue weighted by atomic mass is 10.1. The van der Waals surface area contributed by atoms with Gasteiger partial charge in [0.15, 0.2) is 23.1 Å². The van der Waals surface area contributed by atoms with Gasteiger partial charge < -0.3 is 18.9 Å². The zero-order valence-electron chi connectivity index (χ0n) is 19.5. The van der Waals surface area contributed by atoms with Crippen molar-refractivity contribution in [3.8, 4) is 23.0 Å². The van der Waals surface area contributed by atoms with E-state index in [0.29, 0.717) is 28.4 Å². The van der Waals surface area contributed by atoms with Gasteiger partial charge in [0.05, 0.1) is 39.0 Å². The average Bonchev–Trinajstić information content (AvgIpc) is 2.81. The highest BCUT2D eigenvalue weighted by Gasteiger charge is 2.19. The Kier molecular flexibility index (Phi) is 7.68. The lowest BCUT2D eigenvalue weighted by Crippen LogP contribution is -2.14. The van der Waals surface area contributed by atoms with Crippen LogP contribution in [0.5, 0.6) is 23.0 Å². The number of benzene rings is 3. The molecule has 7 nitrogen and oxygen atoms in total. The highest BCUT2D eigenvalue weighted by molar-refractivity contribution is 7.92. The fourth-order valence-corrected chi connectivity index (χ4v) is 4.36. The van der Waals surface area contributed by atoms with Crippen LogP contribution in [0.1, 0.15) is 16.7 Å². The number of hydrogen-bond donors (Lipinski definition) is 1. The van der Waals surface area contributed by atoms with Crippen molar-refractivity contribution < 1.29 is 31.8 Å². The summed E-state index contributed by atoms with van der Waals surface area (Å²) in [4.78, 5) is 0.0546. The summed E-state index contributed by atoms with van der Waals surface area (Å²) >= 11 is 0. The van der Waals surface area contributed by atoms with Crippen molar-refractivity contribution in [2.75, 3.05) is 33.2 Å². The zero-order valence-corrected chi connectivity index (χ0v) is 20.3. The van der Waals surface area contributed by atoms with E-state index in [1.165, 1.54) is 52.7 Å². The van der Waals surface area contributed by atoms with Gasteiger partial charge in [0.1, 0.15) is 0 Å². The number of rotatable bonds is 9. The molecule has 180 valence electrons. The van der Waals surface area contributed by atoms with E-state index in [0.717, 1.165) is 5.56 Å². The van der Waals surface area contributed by atoms with Crippen LogP contribution in [0.25, 0.3) is 12.2 Å². The molecule has 0 unspecified atom stereocenters. The number of methoxy groups -OCH3 is 4. The maximum atomic E-state index is 14.8. The monoisotopic (exact) mass is 487 g/mol. The summed E-state index contributed by atoms with van der Waals surface area (Å²) in [6, 6.07) is 12.5. The van der Waals surface area contributed by atoms with Crippen molar-refractivity contribution in [1.29, 1.82) is 0 Å². The van der Waals surface area contributed by atoms with Crippen molar-refractivity contribution in [3.05, 3.63) is 71.0 Å². The molecular weight excluding hydrogens is 461 g/mol. The quantitative estimate of drug-likeness (QED) is 0.421. The summed E-state index contributed by atoms with van der Waals surface area (Å²) in [6.07, 6.45) is 3.34. The minimum Gasteiger partial charge on any atom is -0.493 e. The Balaban J connectivity index is 1.98. The minimum absolute atomic E-state index is 0.0207. The van der Waals surface area contributed by atoms with Crippen LogP contribution in [0.3, 0.4) is 0 Å². The van der Waals surface area contributed by atoms with Crippen LogP contribution in [-0.4, -0.2) is 36.9 Å². The van der Waals surface area contributed by atoms with Gasteiger partial charge in [-0.2, -0.15) is 0 Å². The second-order valence-corrected chi connectivity index (χ2v) is 8.98. The fourth-order valence-electron chi connectivity index (χ4n) is 3.31. The fraction of sp³-hybridized carbons (Fsp3) is 0.200. The Morgan fingerprint density at radius 3 is 1.79 bits per heavy atom. The number of nitrogens with one attached hydrogen (secondary N) is 1. The molecule has 34 heavy (non-hydrogen) atoms. The van der Waals surface area contributed by atoms with E-state index in [1.807, 2.05) is 6.92 Å². The van der Waals surface area contributed by atoms with Gasteiger partial charge in [-0.15, -0.1) is 0 Å². The summed E-state index contributed by atoms with van der Waals surface area (Å²) in [5.41, 5.74) is 2.01. The predicted octanol–water partition coefficient (Wildman–Crippen LogP) is 5.14. The van der Waals surface area contributed by atoms with E-state index in [4.69, 9.17) is 18.9 Å². The molecule has 3 rings (SSSR count).